The van der Waals surface area contributed by atoms with Crippen LogP contribution in [0.25, 0.3) is 11.4 Å². The van der Waals surface area contributed by atoms with E-state index < -0.39 is 35.0 Å². The molecule has 4 aliphatic rings. The van der Waals surface area contributed by atoms with Crippen LogP contribution in [0, 0.1) is 10.8 Å². The Morgan fingerprint density at radius 2 is 2.00 bits per heavy atom. The second-order valence-electron chi connectivity index (χ2n) is 9.21. The van der Waals surface area contributed by atoms with E-state index in [1.54, 1.807) is 17.7 Å². The average Bonchev–Trinajstić information content (AvgIpc) is 3.15. The van der Waals surface area contributed by atoms with Gasteiger partial charge in [0.05, 0.1) is 42.2 Å². The van der Waals surface area contributed by atoms with Crippen molar-refractivity contribution in [1.82, 2.24) is 19.3 Å². The number of aliphatic carboxylic acids is 1. The summed E-state index contributed by atoms with van der Waals surface area (Å²) in [7, 11) is 0. The van der Waals surface area contributed by atoms with Gasteiger partial charge < -0.3 is 19.5 Å². The molecule has 0 amide bonds. The molecule has 0 aromatic carbocycles. The molecule has 162 valence electrons. The number of hydrogen-bond donors (Lipinski definition) is 2. The van der Waals surface area contributed by atoms with Gasteiger partial charge in [-0.2, -0.15) is 13.2 Å². The monoisotopic (exact) mass is 426 g/mol. The minimum Gasteiger partial charge on any atom is -0.481 e. The highest BCUT2D eigenvalue weighted by atomic mass is 19.4. The van der Waals surface area contributed by atoms with Crippen LogP contribution in [0.2, 0.25) is 0 Å². The van der Waals surface area contributed by atoms with Crippen molar-refractivity contribution in [3.8, 4) is 17.3 Å². The number of imidazole rings is 1. The number of halogens is 3. The summed E-state index contributed by atoms with van der Waals surface area (Å²) in [6.07, 6.45) is -1.76. The van der Waals surface area contributed by atoms with Crippen LogP contribution in [0.15, 0.2) is 12.3 Å². The zero-order chi connectivity index (χ0) is 21.7. The highest BCUT2D eigenvalue weighted by molar-refractivity contribution is 5.79. The normalized spacial score (nSPS) is 31.1. The maximum Gasteiger partial charge on any atom is 0.424 e. The first-order valence-electron chi connectivity index (χ1n) is 9.69. The van der Waals surface area contributed by atoms with Gasteiger partial charge >= 0.3 is 12.1 Å². The van der Waals surface area contributed by atoms with Crippen molar-refractivity contribution >= 4 is 5.97 Å². The Kier molecular flexibility index (Phi) is 3.60. The smallest absolute Gasteiger partial charge is 0.424 e. The van der Waals surface area contributed by atoms with Crippen LogP contribution in [0.4, 0.5) is 13.2 Å². The van der Waals surface area contributed by atoms with Crippen molar-refractivity contribution in [2.75, 3.05) is 6.61 Å². The van der Waals surface area contributed by atoms with Crippen LogP contribution >= 0.6 is 0 Å². The number of hydrogen-bond acceptors (Lipinski definition) is 5. The Morgan fingerprint density at radius 1 is 1.33 bits per heavy atom. The first-order chi connectivity index (χ1) is 13.9. The van der Waals surface area contributed by atoms with Gasteiger partial charge in [-0.25, -0.2) is 4.98 Å². The summed E-state index contributed by atoms with van der Waals surface area (Å²) in [4.78, 5) is 15.1. The lowest BCUT2D eigenvalue weighted by molar-refractivity contribution is -0.262. The number of fused-ring (bicyclic) bond motifs is 3. The van der Waals surface area contributed by atoms with Crippen molar-refractivity contribution < 1.29 is 32.9 Å². The van der Waals surface area contributed by atoms with E-state index in [1.165, 1.54) is 10.8 Å². The van der Waals surface area contributed by atoms with Gasteiger partial charge in [0.25, 0.3) is 0 Å². The minimum atomic E-state index is -4.86. The fourth-order valence-electron chi connectivity index (χ4n) is 5.23. The van der Waals surface area contributed by atoms with Gasteiger partial charge in [0, 0.05) is 11.5 Å². The molecular formula is C19H21F3N4O4. The molecule has 2 atom stereocenters. The maximum absolute atomic E-state index is 13.3. The van der Waals surface area contributed by atoms with Gasteiger partial charge in [-0.1, -0.05) is 0 Å². The van der Waals surface area contributed by atoms with Gasteiger partial charge in [0.1, 0.15) is 0 Å². The topological polar surface area (TPSA) is 102 Å². The predicted octanol–water partition coefficient (Wildman–Crippen LogP) is 2.72. The molecule has 2 bridgehead atoms. The lowest BCUT2D eigenvalue weighted by atomic mass is 9.35. The molecule has 0 spiro atoms. The van der Waals surface area contributed by atoms with E-state index in [0.717, 1.165) is 0 Å². The Bertz CT molecular complexity index is 1040. The summed E-state index contributed by atoms with van der Waals surface area (Å²) in [5.74, 6) is -0.875. The Morgan fingerprint density at radius 3 is 2.60 bits per heavy atom. The third kappa shape index (κ3) is 2.41. The zero-order valence-electron chi connectivity index (χ0n) is 16.4. The van der Waals surface area contributed by atoms with Crippen LogP contribution in [0.1, 0.15) is 45.0 Å². The van der Waals surface area contributed by atoms with E-state index in [0.29, 0.717) is 56.6 Å². The summed E-state index contributed by atoms with van der Waals surface area (Å²) in [5, 5.41) is 23.7. The fraction of sp³-hybridized carbons (Fsp3) is 0.632. The van der Waals surface area contributed by atoms with E-state index in [1.807, 2.05) is 0 Å². The van der Waals surface area contributed by atoms with Gasteiger partial charge in [0.2, 0.25) is 11.5 Å². The molecule has 6 rings (SSSR count). The molecule has 1 aliphatic heterocycles. The van der Waals surface area contributed by atoms with E-state index in [9.17, 15) is 28.2 Å². The quantitative estimate of drug-likeness (QED) is 0.762. The summed E-state index contributed by atoms with van der Waals surface area (Å²) < 4.78 is 48.9. The van der Waals surface area contributed by atoms with E-state index in [2.05, 4.69) is 10.1 Å². The molecule has 3 aliphatic carbocycles. The van der Waals surface area contributed by atoms with Crippen molar-refractivity contribution in [2.45, 2.75) is 57.5 Å². The van der Waals surface area contributed by atoms with Crippen LogP contribution in [0.3, 0.4) is 0 Å². The van der Waals surface area contributed by atoms with Crippen LogP contribution < -0.4 is 4.74 Å². The summed E-state index contributed by atoms with van der Waals surface area (Å²) >= 11 is 0. The number of aromatic nitrogens is 4. The van der Waals surface area contributed by atoms with Crippen LogP contribution in [-0.2, 0) is 16.9 Å². The first kappa shape index (κ1) is 19.4. The molecule has 2 aromatic rings. The number of aliphatic hydroxyl groups is 1. The molecule has 2 aromatic heterocycles. The zero-order valence-corrected chi connectivity index (χ0v) is 16.4. The maximum atomic E-state index is 13.3. The number of ether oxygens (including phenoxy) is 1. The third-order valence-electron chi connectivity index (χ3n) is 6.80. The predicted molar refractivity (Wildman–Crippen MR) is 95.6 cm³/mol. The van der Waals surface area contributed by atoms with Gasteiger partial charge in [-0.3, -0.25) is 9.48 Å². The third-order valence-corrected chi connectivity index (χ3v) is 6.80. The summed E-state index contributed by atoms with van der Waals surface area (Å²) in [6, 6.07) is 1.24. The molecule has 0 unspecified atom stereocenters. The molecule has 3 saturated carbocycles. The number of rotatable bonds is 5. The number of carboxylic acids is 1. The SMILES string of the molecule is C[C@H]1Cn2nc(OCC34CC(C(=O)O)(C3)C4)cc2-c2cnc([C@@](C)(O)C(F)(F)F)n21. The average molecular weight is 426 g/mol. The standard InChI is InChI=1S/C19H21F3N4O4/c1-10-5-25-11(12-4-23-14(26(10)12)16(2,29)19(20,21)22)3-13(24-25)30-9-17-6-18(7-17,8-17)15(27)28/h3-4,10,29H,5-9H2,1-2H3,(H,27,28)/t10-,16+,17?,18?/m0/s1. The molecule has 0 radical (unpaired) electrons. The Labute approximate surface area is 169 Å². The Balaban J connectivity index is 1.38. The molecule has 11 heteroatoms. The minimum absolute atomic E-state index is 0.115. The number of alkyl halides is 3. The molecular weight excluding hydrogens is 405 g/mol. The highest BCUT2D eigenvalue weighted by Crippen LogP contribution is 2.73. The molecule has 30 heavy (non-hydrogen) atoms. The molecule has 2 N–H and O–H groups in total. The van der Waals surface area contributed by atoms with Crippen molar-refractivity contribution in [3.63, 3.8) is 0 Å². The van der Waals surface area contributed by atoms with E-state index in [4.69, 9.17) is 4.74 Å². The summed E-state index contributed by atoms with van der Waals surface area (Å²) in [5.41, 5.74) is -2.79. The van der Waals surface area contributed by atoms with Gasteiger partial charge in [0.15, 0.2) is 5.82 Å². The lowest BCUT2D eigenvalue weighted by Gasteiger charge is -2.67. The molecule has 3 heterocycles. The largest absolute Gasteiger partial charge is 0.481 e. The van der Waals surface area contributed by atoms with Crippen molar-refractivity contribution in [3.05, 3.63) is 18.1 Å². The van der Waals surface area contributed by atoms with Crippen molar-refractivity contribution in [2.24, 2.45) is 10.8 Å². The lowest BCUT2D eigenvalue weighted by Crippen LogP contribution is -2.67. The van der Waals surface area contributed by atoms with Crippen LogP contribution in [-0.4, -0.2) is 48.3 Å². The molecule has 8 nitrogen and oxygen atoms in total. The fourth-order valence-corrected chi connectivity index (χ4v) is 5.23. The Hall–Kier alpha value is -2.56. The first-order valence-corrected chi connectivity index (χ1v) is 9.69. The molecule has 0 saturated heterocycles. The summed E-state index contributed by atoms with van der Waals surface area (Å²) in [6.45, 7) is 3.10. The number of nitrogens with zero attached hydrogens (tertiary/aromatic N) is 4. The number of carbonyl (C=O) groups is 1. The highest BCUT2D eigenvalue weighted by Gasteiger charge is 2.72. The second-order valence-corrected chi connectivity index (χ2v) is 9.21. The van der Waals surface area contributed by atoms with Crippen LogP contribution in [0.5, 0.6) is 5.88 Å². The second kappa shape index (κ2) is 5.57. The van der Waals surface area contributed by atoms with Gasteiger partial charge in [-0.05, 0) is 33.1 Å². The van der Waals surface area contributed by atoms with E-state index >= 15 is 0 Å². The molecule has 3 fully saturated rings. The van der Waals surface area contributed by atoms with Crippen molar-refractivity contribution in [1.29, 1.82) is 0 Å². The van der Waals surface area contributed by atoms with Gasteiger partial charge in [-0.15, -0.1) is 5.10 Å². The number of carboxylic acid groups (broad SMARTS) is 1. The van der Waals surface area contributed by atoms with E-state index in [-0.39, 0.29) is 5.41 Å².